The van der Waals surface area contributed by atoms with Crippen LogP contribution in [0.3, 0.4) is 0 Å². The van der Waals surface area contributed by atoms with Gasteiger partial charge in [-0.3, -0.25) is 0 Å². The van der Waals surface area contributed by atoms with Gasteiger partial charge in [0.2, 0.25) is 6.33 Å². The molecule has 0 radical (unpaired) electrons. The summed E-state index contributed by atoms with van der Waals surface area (Å²) in [4.78, 5) is 0. The third kappa shape index (κ3) is 6.68. The topological polar surface area (TPSA) is 8.81 Å². The number of aromatic nitrogens is 2. The summed E-state index contributed by atoms with van der Waals surface area (Å²) < 4.78 is 4.84. The first-order valence-corrected chi connectivity index (χ1v) is 10.6. The number of para-hydroxylation sites is 2. The van der Waals surface area contributed by atoms with E-state index < -0.39 is 0 Å². The van der Waals surface area contributed by atoms with Crippen molar-refractivity contribution in [1.29, 1.82) is 0 Å². The molecule has 0 amide bonds. The van der Waals surface area contributed by atoms with Gasteiger partial charge in [-0.05, 0) is 30.7 Å². The third-order valence-corrected chi connectivity index (χ3v) is 5.44. The Morgan fingerprint density at radius 2 is 1.62 bits per heavy atom. The van der Waals surface area contributed by atoms with Crippen LogP contribution >= 0.6 is 11.8 Å². The first-order chi connectivity index (χ1) is 11.4. The molecule has 0 saturated heterocycles. The van der Waals surface area contributed by atoms with Gasteiger partial charge in [0.1, 0.15) is 5.88 Å². The van der Waals surface area contributed by atoms with Crippen molar-refractivity contribution < 1.29 is 17.0 Å². The summed E-state index contributed by atoms with van der Waals surface area (Å²) in [7, 11) is 0. The summed E-state index contributed by atoms with van der Waals surface area (Å²) in [5, 5.41) is 0. The van der Waals surface area contributed by atoms with Crippen molar-refractivity contribution in [2.45, 2.75) is 77.6 Å². The highest BCUT2D eigenvalue weighted by atomic mass is 35.5. The quantitative estimate of drug-likeness (QED) is 0.413. The van der Waals surface area contributed by atoms with Crippen molar-refractivity contribution in [1.82, 2.24) is 4.57 Å². The van der Waals surface area contributed by atoms with Gasteiger partial charge >= 0.3 is 0 Å². The van der Waals surface area contributed by atoms with Crippen molar-refractivity contribution >= 4 is 22.8 Å². The second-order valence-corrected chi connectivity index (χ2v) is 7.50. The lowest BCUT2D eigenvalue weighted by molar-refractivity contribution is -0.650. The minimum atomic E-state index is 0. The number of hydrogen-bond acceptors (Lipinski definition) is 1. The predicted octanol–water partition coefficient (Wildman–Crippen LogP) is 2.78. The largest absolute Gasteiger partial charge is 1.00 e. The molecule has 0 bridgehead atoms. The lowest BCUT2D eigenvalue weighted by Crippen LogP contribution is -3.00. The van der Waals surface area contributed by atoms with E-state index in [9.17, 15) is 0 Å². The van der Waals surface area contributed by atoms with Gasteiger partial charge < -0.3 is 12.4 Å². The number of nitrogens with zero attached hydrogens (tertiary/aromatic N) is 2. The molecular formula is C20H33ClN2S. The molecule has 0 N–H and O–H groups in total. The fourth-order valence-corrected chi connectivity index (χ4v) is 3.94. The molecule has 0 aliphatic rings. The average Bonchev–Trinajstić information content (AvgIpc) is 2.93. The minimum Gasteiger partial charge on any atom is -1.00 e. The van der Waals surface area contributed by atoms with Crippen LogP contribution in [-0.2, 0) is 12.4 Å². The van der Waals surface area contributed by atoms with E-state index in [1.807, 2.05) is 0 Å². The van der Waals surface area contributed by atoms with E-state index >= 15 is 0 Å². The van der Waals surface area contributed by atoms with Crippen LogP contribution in [0.1, 0.15) is 65.2 Å². The van der Waals surface area contributed by atoms with Crippen LogP contribution in [0, 0.1) is 0 Å². The first-order valence-electron chi connectivity index (χ1n) is 9.41. The smallest absolute Gasteiger partial charge is 0.245 e. The van der Waals surface area contributed by atoms with Crippen molar-refractivity contribution in [3.8, 4) is 0 Å². The number of benzene rings is 1. The molecule has 0 atom stereocenters. The molecule has 1 aromatic heterocycles. The second-order valence-electron chi connectivity index (χ2n) is 6.43. The molecule has 0 spiro atoms. The van der Waals surface area contributed by atoms with Crippen LogP contribution in [0.2, 0.25) is 0 Å². The van der Waals surface area contributed by atoms with Gasteiger partial charge in [-0.15, -0.1) is 11.8 Å². The summed E-state index contributed by atoms with van der Waals surface area (Å²) in [6.45, 7) is 5.67. The monoisotopic (exact) mass is 368 g/mol. The minimum absolute atomic E-state index is 0. The van der Waals surface area contributed by atoms with Crippen LogP contribution < -0.4 is 17.0 Å². The summed E-state index contributed by atoms with van der Waals surface area (Å²) in [5.74, 6) is 2.36. The Bertz CT molecular complexity index is 568. The number of halogens is 1. The van der Waals surface area contributed by atoms with E-state index in [1.54, 1.807) is 0 Å². The van der Waals surface area contributed by atoms with Crippen LogP contribution in [0.15, 0.2) is 30.6 Å². The van der Waals surface area contributed by atoms with Crippen LogP contribution in [0.25, 0.3) is 11.0 Å². The number of rotatable bonds is 12. The Balaban J connectivity index is 0.00000288. The molecule has 2 nitrogen and oxygen atoms in total. The average molecular weight is 369 g/mol. The highest BCUT2D eigenvalue weighted by Crippen LogP contribution is 2.14. The van der Waals surface area contributed by atoms with Crippen molar-refractivity contribution in [3.63, 3.8) is 0 Å². The van der Waals surface area contributed by atoms with Crippen molar-refractivity contribution in [2.75, 3.05) is 5.75 Å². The third-order valence-electron chi connectivity index (χ3n) is 4.40. The molecule has 1 aromatic carbocycles. The van der Waals surface area contributed by atoms with Crippen molar-refractivity contribution in [2.24, 2.45) is 0 Å². The van der Waals surface area contributed by atoms with Gasteiger partial charge in [0.15, 0.2) is 11.0 Å². The summed E-state index contributed by atoms with van der Waals surface area (Å²) in [5.41, 5.74) is 2.75. The zero-order valence-electron chi connectivity index (χ0n) is 15.3. The molecular weight excluding hydrogens is 336 g/mol. The van der Waals surface area contributed by atoms with Gasteiger partial charge in [0.05, 0.1) is 6.54 Å². The summed E-state index contributed by atoms with van der Waals surface area (Å²) in [6.07, 6.45) is 13.2. The number of fused-ring (bicyclic) bond motifs is 1. The van der Waals surface area contributed by atoms with Gasteiger partial charge in [-0.25, -0.2) is 9.13 Å². The van der Waals surface area contributed by atoms with Crippen LogP contribution in [0.5, 0.6) is 0 Å². The van der Waals surface area contributed by atoms with E-state index in [-0.39, 0.29) is 12.4 Å². The van der Waals surface area contributed by atoms with E-state index in [1.165, 1.54) is 68.2 Å². The molecule has 2 aromatic rings. The maximum Gasteiger partial charge on any atom is 0.245 e. The zero-order chi connectivity index (χ0) is 16.3. The van der Waals surface area contributed by atoms with Crippen LogP contribution in [-0.4, -0.2) is 10.3 Å². The number of imidazole rings is 1. The predicted molar refractivity (Wildman–Crippen MR) is 103 cm³/mol. The highest BCUT2D eigenvalue weighted by Gasteiger charge is 2.14. The Labute approximate surface area is 158 Å². The van der Waals surface area contributed by atoms with E-state index in [2.05, 4.69) is 65.3 Å². The Hall–Kier alpha value is -0.670. The van der Waals surface area contributed by atoms with E-state index in [0.717, 1.165) is 12.4 Å². The zero-order valence-corrected chi connectivity index (χ0v) is 16.9. The van der Waals surface area contributed by atoms with Crippen LogP contribution in [0.4, 0.5) is 0 Å². The summed E-state index contributed by atoms with van der Waals surface area (Å²) in [6, 6.07) is 8.81. The maximum atomic E-state index is 2.42. The lowest BCUT2D eigenvalue weighted by atomic mass is 10.1. The highest BCUT2D eigenvalue weighted by molar-refractivity contribution is 7.98. The summed E-state index contributed by atoms with van der Waals surface area (Å²) >= 11 is 2.07. The number of thioether (sulfide) groups is 1. The standard InChI is InChI=1S/C20H33N2S.ClH/c1-3-5-7-8-9-12-16-23-18-22-17-21(15-6-4-2)19-13-10-11-14-20(19)22;/h10-11,13-14,17H,3-9,12,15-16,18H2,1-2H3;1H/q+1;/p-1. The fourth-order valence-electron chi connectivity index (χ4n) is 3.00. The van der Waals surface area contributed by atoms with Gasteiger partial charge in [0.25, 0.3) is 0 Å². The second kappa shape index (κ2) is 12.7. The van der Waals surface area contributed by atoms with Gasteiger partial charge in [-0.1, -0.05) is 64.5 Å². The maximum absolute atomic E-state index is 2.42. The van der Waals surface area contributed by atoms with Gasteiger partial charge in [-0.2, -0.15) is 0 Å². The van der Waals surface area contributed by atoms with Gasteiger partial charge in [0, 0.05) is 0 Å². The van der Waals surface area contributed by atoms with E-state index in [0.29, 0.717) is 0 Å². The number of hydrogen-bond donors (Lipinski definition) is 0. The molecule has 4 heteroatoms. The Kier molecular flexibility index (Phi) is 11.3. The van der Waals surface area contributed by atoms with Crippen molar-refractivity contribution in [3.05, 3.63) is 30.6 Å². The molecule has 0 fully saturated rings. The molecule has 0 aliphatic heterocycles. The molecule has 24 heavy (non-hydrogen) atoms. The lowest BCUT2D eigenvalue weighted by Gasteiger charge is -2.01. The first kappa shape index (κ1) is 21.4. The molecule has 0 aliphatic carbocycles. The molecule has 136 valence electrons. The fraction of sp³-hybridized carbons (Fsp3) is 0.650. The number of aryl methyl sites for hydroxylation is 1. The van der Waals surface area contributed by atoms with E-state index in [4.69, 9.17) is 0 Å². The number of unbranched alkanes of at least 4 members (excludes halogenated alkanes) is 6. The molecule has 2 rings (SSSR count). The Morgan fingerprint density at radius 3 is 2.42 bits per heavy atom. The Morgan fingerprint density at radius 1 is 0.917 bits per heavy atom. The molecule has 0 unspecified atom stereocenters. The SMILES string of the molecule is CCCCCCCCSC[n+]1cn(CCCC)c2ccccc21.[Cl-]. The normalized spacial score (nSPS) is 10.9. The molecule has 0 saturated carbocycles. The molecule has 1 heterocycles.